The van der Waals surface area contributed by atoms with Gasteiger partial charge in [0, 0.05) is 44.0 Å². The molecule has 1 aliphatic rings. The number of hydrogen-bond acceptors (Lipinski definition) is 4. The minimum absolute atomic E-state index is 0.170. The van der Waals surface area contributed by atoms with Crippen molar-refractivity contribution in [2.45, 2.75) is 24.9 Å². The number of imidazole rings is 1. The van der Waals surface area contributed by atoms with Gasteiger partial charge in [-0.25, -0.2) is 19.3 Å². The van der Waals surface area contributed by atoms with E-state index in [0.717, 1.165) is 54.2 Å². The van der Waals surface area contributed by atoms with Gasteiger partial charge < -0.3 is 9.47 Å². The molecule has 0 N–H and O–H groups in total. The molecule has 158 valence electrons. The number of anilines is 1. The molecule has 0 unspecified atom stereocenters. The van der Waals surface area contributed by atoms with Gasteiger partial charge in [-0.1, -0.05) is 0 Å². The standard InChI is InChI=1S/C20H18BrF4N5/c1-29-10-17(13-2-3-16(22)14(8-13)20(23,24)25)28-18(29)12-4-6-30(7-5-12)19-15(21)9-26-11-27-19/h2-3,8-12H,4-7H2,1H3. The molecule has 1 saturated heterocycles. The number of rotatable bonds is 3. The maximum Gasteiger partial charge on any atom is 0.419 e. The lowest BCUT2D eigenvalue weighted by atomic mass is 9.96. The largest absolute Gasteiger partial charge is 0.419 e. The zero-order valence-corrected chi connectivity index (χ0v) is 17.6. The quantitative estimate of drug-likeness (QED) is 0.481. The van der Waals surface area contributed by atoms with Gasteiger partial charge in [0.05, 0.1) is 15.7 Å². The second-order valence-corrected chi connectivity index (χ2v) is 8.10. The average Bonchev–Trinajstić information content (AvgIpc) is 3.10. The van der Waals surface area contributed by atoms with Crippen molar-refractivity contribution < 1.29 is 17.6 Å². The van der Waals surface area contributed by atoms with Crippen LogP contribution in [0.4, 0.5) is 23.4 Å². The number of hydrogen-bond donors (Lipinski definition) is 0. The van der Waals surface area contributed by atoms with Crippen LogP contribution in [0.15, 0.2) is 41.4 Å². The van der Waals surface area contributed by atoms with Gasteiger partial charge in [0.15, 0.2) is 0 Å². The minimum Gasteiger partial charge on any atom is -0.356 e. The summed E-state index contributed by atoms with van der Waals surface area (Å²) < 4.78 is 55.4. The lowest BCUT2D eigenvalue weighted by Gasteiger charge is -2.32. The number of alkyl halides is 3. The second-order valence-electron chi connectivity index (χ2n) is 7.24. The summed E-state index contributed by atoms with van der Waals surface area (Å²) in [4.78, 5) is 15.1. The van der Waals surface area contributed by atoms with Crippen LogP contribution in [-0.4, -0.2) is 32.6 Å². The molecule has 1 fully saturated rings. The molecule has 2 aromatic heterocycles. The third-order valence-electron chi connectivity index (χ3n) is 5.29. The monoisotopic (exact) mass is 483 g/mol. The van der Waals surface area contributed by atoms with E-state index in [1.54, 1.807) is 12.4 Å². The van der Waals surface area contributed by atoms with Crippen molar-refractivity contribution >= 4 is 21.7 Å². The van der Waals surface area contributed by atoms with E-state index >= 15 is 0 Å². The van der Waals surface area contributed by atoms with E-state index in [2.05, 4.69) is 35.8 Å². The van der Waals surface area contributed by atoms with Gasteiger partial charge in [-0.05, 0) is 47.0 Å². The Bertz CT molecular complexity index is 1060. The number of piperidine rings is 1. The molecule has 3 aromatic rings. The Kier molecular flexibility index (Phi) is 5.52. The predicted molar refractivity (Wildman–Crippen MR) is 108 cm³/mol. The van der Waals surface area contributed by atoms with Crippen LogP contribution in [0.2, 0.25) is 0 Å². The first-order valence-electron chi connectivity index (χ1n) is 9.35. The molecular formula is C20H18BrF4N5. The highest BCUT2D eigenvalue weighted by atomic mass is 79.9. The summed E-state index contributed by atoms with van der Waals surface area (Å²) in [5.74, 6) is 0.535. The van der Waals surface area contributed by atoms with Gasteiger partial charge >= 0.3 is 6.18 Å². The van der Waals surface area contributed by atoms with E-state index in [1.165, 1.54) is 12.4 Å². The number of aromatic nitrogens is 4. The van der Waals surface area contributed by atoms with Gasteiger partial charge in [-0.2, -0.15) is 13.2 Å². The summed E-state index contributed by atoms with van der Waals surface area (Å²) in [6, 6.07) is 2.98. The highest BCUT2D eigenvalue weighted by molar-refractivity contribution is 9.10. The minimum atomic E-state index is -4.75. The van der Waals surface area contributed by atoms with Crippen molar-refractivity contribution in [2.75, 3.05) is 18.0 Å². The highest BCUT2D eigenvalue weighted by Crippen LogP contribution is 2.36. The molecule has 5 nitrogen and oxygen atoms in total. The summed E-state index contributed by atoms with van der Waals surface area (Å²) in [5.41, 5.74) is -0.636. The van der Waals surface area contributed by atoms with Crippen LogP contribution < -0.4 is 4.90 Å². The average molecular weight is 484 g/mol. The first-order valence-corrected chi connectivity index (χ1v) is 10.1. The summed E-state index contributed by atoms with van der Waals surface area (Å²) in [6.07, 6.45) is 1.82. The van der Waals surface area contributed by atoms with Crippen LogP contribution in [-0.2, 0) is 13.2 Å². The first-order chi connectivity index (χ1) is 14.2. The Balaban J connectivity index is 1.54. The van der Waals surface area contributed by atoms with E-state index in [0.29, 0.717) is 5.69 Å². The number of halogens is 5. The summed E-state index contributed by atoms with van der Waals surface area (Å²) in [5, 5.41) is 0. The predicted octanol–water partition coefficient (Wildman–Crippen LogP) is 5.18. The van der Waals surface area contributed by atoms with E-state index in [1.807, 2.05) is 11.6 Å². The third kappa shape index (κ3) is 4.05. The molecule has 10 heteroatoms. The van der Waals surface area contributed by atoms with Crippen molar-refractivity contribution in [3.8, 4) is 11.3 Å². The zero-order chi connectivity index (χ0) is 21.5. The fourth-order valence-electron chi connectivity index (χ4n) is 3.79. The molecule has 0 bridgehead atoms. The Morgan fingerprint density at radius 1 is 1.17 bits per heavy atom. The molecule has 0 amide bonds. The van der Waals surface area contributed by atoms with Crippen molar-refractivity contribution in [1.29, 1.82) is 0 Å². The maximum atomic E-state index is 13.6. The smallest absolute Gasteiger partial charge is 0.356 e. The van der Waals surface area contributed by atoms with Crippen LogP contribution in [0.5, 0.6) is 0 Å². The Morgan fingerprint density at radius 3 is 2.57 bits per heavy atom. The normalized spacial score (nSPS) is 15.6. The van der Waals surface area contributed by atoms with E-state index < -0.39 is 17.6 Å². The molecule has 0 radical (unpaired) electrons. The van der Waals surface area contributed by atoms with Gasteiger partial charge in [-0.15, -0.1) is 0 Å². The van der Waals surface area contributed by atoms with Crippen LogP contribution >= 0.6 is 15.9 Å². The molecule has 0 saturated carbocycles. The highest BCUT2D eigenvalue weighted by Gasteiger charge is 2.34. The number of nitrogens with zero attached hydrogens (tertiary/aromatic N) is 5. The molecule has 1 aliphatic heterocycles. The molecule has 3 heterocycles. The van der Waals surface area contributed by atoms with Gasteiger partial charge in [0.1, 0.15) is 23.8 Å². The summed E-state index contributed by atoms with van der Waals surface area (Å²) >= 11 is 3.47. The fraction of sp³-hybridized carbons (Fsp3) is 0.350. The van der Waals surface area contributed by atoms with Gasteiger partial charge in [0.2, 0.25) is 0 Å². The van der Waals surface area contributed by atoms with Crippen LogP contribution in [0, 0.1) is 5.82 Å². The first kappa shape index (κ1) is 20.8. The molecule has 0 aliphatic carbocycles. The van der Waals surface area contributed by atoms with Crippen molar-refractivity contribution in [2.24, 2.45) is 7.05 Å². The fourth-order valence-corrected chi connectivity index (χ4v) is 4.26. The molecule has 0 spiro atoms. The summed E-state index contributed by atoms with van der Waals surface area (Å²) in [7, 11) is 1.83. The zero-order valence-electron chi connectivity index (χ0n) is 16.0. The van der Waals surface area contributed by atoms with Crippen molar-refractivity contribution in [3.63, 3.8) is 0 Å². The van der Waals surface area contributed by atoms with Gasteiger partial charge in [-0.3, -0.25) is 0 Å². The van der Waals surface area contributed by atoms with Crippen molar-refractivity contribution in [3.05, 3.63) is 58.6 Å². The Morgan fingerprint density at radius 2 is 1.90 bits per heavy atom. The van der Waals surface area contributed by atoms with E-state index in [9.17, 15) is 17.6 Å². The molecule has 30 heavy (non-hydrogen) atoms. The molecular weight excluding hydrogens is 466 g/mol. The number of aryl methyl sites for hydroxylation is 1. The van der Waals surface area contributed by atoms with E-state index in [-0.39, 0.29) is 11.5 Å². The van der Waals surface area contributed by atoms with Crippen LogP contribution in [0.25, 0.3) is 11.3 Å². The Hall–Kier alpha value is -2.49. The Labute approximate surface area is 178 Å². The summed E-state index contributed by atoms with van der Waals surface area (Å²) in [6.45, 7) is 1.55. The van der Waals surface area contributed by atoms with E-state index in [4.69, 9.17) is 0 Å². The second kappa shape index (κ2) is 7.98. The lowest BCUT2D eigenvalue weighted by Crippen LogP contribution is -2.34. The SMILES string of the molecule is Cn1cc(-c2ccc(F)c(C(F)(F)F)c2)nc1C1CCN(c2ncncc2Br)CC1. The number of benzene rings is 1. The topological polar surface area (TPSA) is 46.8 Å². The lowest BCUT2D eigenvalue weighted by molar-refractivity contribution is -0.139. The van der Waals surface area contributed by atoms with Crippen LogP contribution in [0.1, 0.15) is 30.1 Å². The van der Waals surface area contributed by atoms with Crippen molar-refractivity contribution in [1.82, 2.24) is 19.5 Å². The van der Waals surface area contributed by atoms with Gasteiger partial charge in [0.25, 0.3) is 0 Å². The third-order valence-corrected chi connectivity index (χ3v) is 5.85. The molecule has 4 rings (SSSR count). The maximum absolute atomic E-state index is 13.6. The van der Waals surface area contributed by atoms with Crippen LogP contribution in [0.3, 0.4) is 0 Å². The molecule has 1 aromatic carbocycles. The molecule has 0 atom stereocenters.